The van der Waals surface area contributed by atoms with Crippen molar-refractivity contribution in [1.82, 2.24) is 9.78 Å². The van der Waals surface area contributed by atoms with Crippen molar-refractivity contribution in [1.29, 1.82) is 0 Å². The number of benzene rings is 1. The van der Waals surface area contributed by atoms with Crippen molar-refractivity contribution in [3.63, 3.8) is 0 Å². The molecule has 1 heterocycles. The molecular weight excluding hydrogens is 382 g/mol. The minimum absolute atomic E-state index is 0.433. The summed E-state index contributed by atoms with van der Waals surface area (Å²) < 4.78 is 2.30. The molecule has 0 fully saturated rings. The van der Waals surface area contributed by atoms with Crippen molar-refractivity contribution >= 4 is 40.2 Å². The van der Waals surface area contributed by atoms with Gasteiger partial charge in [0, 0.05) is 15.3 Å². The Morgan fingerprint density at radius 1 is 1.42 bits per heavy atom. The lowest BCUT2D eigenvalue weighted by atomic mass is 10.3. The zero-order valence-electron chi connectivity index (χ0n) is 9.72. The van der Waals surface area contributed by atoms with Crippen molar-refractivity contribution < 1.29 is 9.90 Å². The third-order valence-corrected chi connectivity index (χ3v) is 3.42. The number of aromatic nitrogens is 2. The van der Waals surface area contributed by atoms with Gasteiger partial charge in [0.15, 0.2) is 0 Å². The van der Waals surface area contributed by atoms with E-state index < -0.39 is 17.1 Å². The minimum Gasteiger partial charge on any atom is -0.476 e. The van der Waals surface area contributed by atoms with E-state index in [1.807, 2.05) is 6.07 Å². The van der Waals surface area contributed by atoms with Gasteiger partial charge in [-0.1, -0.05) is 11.6 Å². The van der Waals surface area contributed by atoms with Crippen molar-refractivity contribution in [3.05, 3.63) is 54.5 Å². The van der Waals surface area contributed by atoms with Crippen LogP contribution in [0, 0.1) is 10.5 Å². The molecule has 19 heavy (non-hydrogen) atoms. The van der Waals surface area contributed by atoms with E-state index in [1.54, 1.807) is 19.1 Å². The molecule has 0 atom stereocenters. The molecule has 0 aliphatic rings. The van der Waals surface area contributed by atoms with Crippen LogP contribution in [0.1, 0.15) is 16.2 Å². The van der Waals surface area contributed by atoms with Crippen LogP contribution in [0.3, 0.4) is 0 Å². The van der Waals surface area contributed by atoms with E-state index in [0.717, 1.165) is 3.57 Å². The smallest absolute Gasteiger partial charge is 0.360 e. The third-order valence-electron chi connectivity index (χ3n) is 2.45. The molecule has 0 aliphatic carbocycles. The molecular formula is C12H8ClIN2O3. The molecule has 0 amide bonds. The first-order valence-corrected chi connectivity index (χ1v) is 6.65. The number of rotatable bonds is 2. The molecule has 0 radical (unpaired) electrons. The average Bonchev–Trinajstić information content (AvgIpc) is 2.30. The molecule has 0 saturated carbocycles. The Kier molecular flexibility index (Phi) is 3.91. The predicted octanol–water partition coefficient (Wildman–Crippen LogP) is 2.50. The number of hydrogen-bond acceptors (Lipinski definition) is 3. The number of aryl methyl sites for hydroxylation is 1. The largest absolute Gasteiger partial charge is 0.476 e. The Morgan fingerprint density at radius 3 is 2.68 bits per heavy atom. The lowest BCUT2D eigenvalue weighted by Crippen LogP contribution is -2.22. The molecule has 0 bridgehead atoms. The Labute approximate surface area is 127 Å². The van der Waals surface area contributed by atoms with Gasteiger partial charge >= 0.3 is 5.97 Å². The van der Waals surface area contributed by atoms with E-state index in [1.165, 1.54) is 10.7 Å². The molecule has 5 nitrogen and oxygen atoms in total. The number of aromatic carboxylic acids is 1. The first-order chi connectivity index (χ1) is 8.90. The zero-order chi connectivity index (χ0) is 14.2. The van der Waals surface area contributed by atoms with Crippen LogP contribution in [0.4, 0.5) is 0 Å². The van der Waals surface area contributed by atoms with Crippen LogP contribution >= 0.6 is 34.2 Å². The van der Waals surface area contributed by atoms with Gasteiger partial charge in [-0.2, -0.15) is 5.10 Å². The lowest BCUT2D eigenvalue weighted by molar-refractivity contribution is 0.0686. The lowest BCUT2D eigenvalue weighted by Gasteiger charge is -2.11. The fourth-order valence-electron chi connectivity index (χ4n) is 1.59. The zero-order valence-corrected chi connectivity index (χ0v) is 12.6. The number of halogens is 2. The molecule has 7 heteroatoms. The van der Waals surface area contributed by atoms with Gasteiger partial charge in [-0.05, 0) is 47.7 Å². The second-order valence-electron chi connectivity index (χ2n) is 3.81. The highest BCUT2D eigenvalue weighted by molar-refractivity contribution is 14.1. The maximum absolute atomic E-state index is 11.5. The Balaban J connectivity index is 2.71. The summed E-state index contributed by atoms with van der Waals surface area (Å²) in [6.07, 6.45) is 0. The normalized spacial score (nSPS) is 10.5. The van der Waals surface area contributed by atoms with E-state index in [0.29, 0.717) is 16.4 Å². The number of nitrogens with zero attached hydrogens (tertiary/aromatic N) is 2. The van der Waals surface area contributed by atoms with Gasteiger partial charge < -0.3 is 5.11 Å². The second-order valence-corrected chi connectivity index (χ2v) is 5.46. The van der Waals surface area contributed by atoms with Crippen LogP contribution in [0.25, 0.3) is 5.69 Å². The summed E-state index contributed by atoms with van der Waals surface area (Å²) in [7, 11) is 0. The van der Waals surface area contributed by atoms with Crippen LogP contribution < -0.4 is 5.43 Å². The molecule has 0 unspecified atom stereocenters. The topological polar surface area (TPSA) is 72.2 Å². The number of carboxylic acid groups (broad SMARTS) is 1. The van der Waals surface area contributed by atoms with Gasteiger partial charge in [0.25, 0.3) is 0 Å². The summed E-state index contributed by atoms with van der Waals surface area (Å²) in [6, 6.07) is 6.50. The average molecular weight is 391 g/mol. The van der Waals surface area contributed by atoms with Crippen LogP contribution in [0.15, 0.2) is 29.1 Å². The predicted molar refractivity (Wildman–Crippen MR) is 79.3 cm³/mol. The SMILES string of the molecule is Cc1cc(=O)c(C(=O)O)nn1-c1ccc(I)cc1Cl. The van der Waals surface area contributed by atoms with Crippen LogP contribution in [0.2, 0.25) is 5.02 Å². The van der Waals surface area contributed by atoms with Crippen LogP contribution in [-0.4, -0.2) is 20.9 Å². The monoisotopic (exact) mass is 390 g/mol. The summed E-state index contributed by atoms with van der Waals surface area (Å²) in [5, 5.41) is 13.2. The fourth-order valence-corrected chi connectivity index (χ4v) is 2.53. The second kappa shape index (κ2) is 5.30. The maximum Gasteiger partial charge on any atom is 0.360 e. The van der Waals surface area contributed by atoms with Gasteiger partial charge in [-0.3, -0.25) is 4.79 Å². The highest BCUT2D eigenvalue weighted by Crippen LogP contribution is 2.22. The van der Waals surface area contributed by atoms with E-state index >= 15 is 0 Å². The number of hydrogen-bond donors (Lipinski definition) is 1. The maximum atomic E-state index is 11.5. The van der Waals surface area contributed by atoms with E-state index in [9.17, 15) is 9.59 Å². The van der Waals surface area contributed by atoms with Gasteiger partial charge in [0.2, 0.25) is 11.1 Å². The number of carboxylic acids is 1. The minimum atomic E-state index is -1.36. The first-order valence-electron chi connectivity index (χ1n) is 5.20. The molecule has 1 aromatic carbocycles. The van der Waals surface area contributed by atoms with E-state index in [-0.39, 0.29) is 0 Å². The molecule has 1 N–H and O–H groups in total. The van der Waals surface area contributed by atoms with Crippen molar-refractivity contribution in [3.8, 4) is 5.69 Å². The summed E-state index contributed by atoms with van der Waals surface area (Å²) in [4.78, 5) is 22.5. The summed E-state index contributed by atoms with van der Waals surface area (Å²) in [6.45, 7) is 1.66. The summed E-state index contributed by atoms with van der Waals surface area (Å²) >= 11 is 8.23. The molecule has 0 saturated heterocycles. The van der Waals surface area contributed by atoms with Gasteiger partial charge in [-0.25, -0.2) is 9.48 Å². The van der Waals surface area contributed by atoms with E-state index in [2.05, 4.69) is 27.7 Å². The molecule has 98 valence electrons. The molecule has 0 spiro atoms. The standard InChI is InChI=1S/C12H8ClIN2O3/c1-6-4-10(17)11(12(18)19)15-16(6)9-3-2-7(14)5-8(9)13/h2-5H,1H3,(H,18,19). The molecule has 2 rings (SSSR count). The van der Waals surface area contributed by atoms with Crippen molar-refractivity contribution in [2.24, 2.45) is 0 Å². The molecule has 2 aromatic rings. The van der Waals surface area contributed by atoms with Gasteiger partial charge in [0.1, 0.15) is 0 Å². The van der Waals surface area contributed by atoms with Gasteiger partial charge in [-0.15, -0.1) is 0 Å². The van der Waals surface area contributed by atoms with Gasteiger partial charge in [0.05, 0.1) is 10.7 Å². The van der Waals surface area contributed by atoms with Crippen molar-refractivity contribution in [2.45, 2.75) is 6.92 Å². The Morgan fingerprint density at radius 2 is 2.11 bits per heavy atom. The molecule has 1 aromatic heterocycles. The van der Waals surface area contributed by atoms with Crippen molar-refractivity contribution in [2.75, 3.05) is 0 Å². The summed E-state index contributed by atoms with van der Waals surface area (Å²) in [5.74, 6) is -1.36. The quantitative estimate of drug-likeness (QED) is 0.800. The Bertz CT molecular complexity index is 727. The highest BCUT2D eigenvalue weighted by atomic mass is 127. The Hall–Kier alpha value is -1.41. The van der Waals surface area contributed by atoms with E-state index in [4.69, 9.17) is 16.7 Å². The van der Waals surface area contributed by atoms with Crippen LogP contribution in [-0.2, 0) is 0 Å². The fraction of sp³-hybridized carbons (Fsp3) is 0.0833. The number of carbonyl (C=O) groups is 1. The first kappa shape index (κ1) is 14.0. The summed E-state index contributed by atoms with van der Waals surface area (Å²) in [5.41, 5.74) is -0.108. The highest BCUT2D eigenvalue weighted by Gasteiger charge is 2.15. The third kappa shape index (κ3) is 2.79. The van der Waals surface area contributed by atoms with Crippen LogP contribution in [0.5, 0.6) is 0 Å². The molecule has 0 aliphatic heterocycles.